The first kappa shape index (κ1) is 27.3. The number of carbonyl (C=O) groups excluding carboxylic acids is 1. The molecule has 8 heteroatoms. The highest BCUT2D eigenvalue weighted by Gasteiger charge is 2.29. The summed E-state index contributed by atoms with van der Waals surface area (Å²) >= 11 is 0. The first-order valence-electron chi connectivity index (χ1n) is 11.8. The summed E-state index contributed by atoms with van der Waals surface area (Å²) in [5.41, 5.74) is 5.05. The lowest BCUT2D eigenvalue weighted by atomic mass is 9.91. The molecule has 0 aromatic carbocycles. The highest BCUT2D eigenvalue weighted by atomic mass is 16.5. The largest absolute Gasteiger partial charge is 0.512 e. The summed E-state index contributed by atoms with van der Waals surface area (Å²) in [6.07, 6.45) is 3.83. The molecule has 0 radical (unpaired) electrons. The van der Waals surface area contributed by atoms with E-state index in [1.54, 1.807) is 10.6 Å². The third-order valence-electron chi connectivity index (χ3n) is 5.57. The molecule has 0 bridgehead atoms. The van der Waals surface area contributed by atoms with E-state index in [9.17, 15) is 19.8 Å². The fraction of sp³-hybridized carbons (Fsp3) is 0.500. The maximum Gasteiger partial charge on any atom is 0.260 e. The van der Waals surface area contributed by atoms with E-state index in [0.717, 1.165) is 40.8 Å². The summed E-state index contributed by atoms with van der Waals surface area (Å²) in [6.45, 7) is 7.07. The van der Waals surface area contributed by atoms with Gasteiger partial charge in [-0.15, -0.1) is 0 Å². The number of carbonyl (C=O) groups is 1. The molecule has 186 valence electrons. The second-order valence-corrected chi connectivity index (χ2v) is 8.33. The second-order valence-electron chi connectivity index (χ2n) is 8.33. The highest BCUT2D eigenvalue weighted by Crippen LogP contribution is 2.37. The van der Waals surface area contributed by atoms with Gasteiger partial charge in [0.15, 0.2) is 0 Å². The second kappa shape index (κ2) is 12.5. The summed E-state index contributed by atoms with van der Waals surface area (Å²) < 4.78 is 6.67. The Balaban J connectivity index is 0.000000520. The molecule has 0 fully saturated rings. The molecule has 0 amide bonds. The normalized spacial score (nSPS) is 13.3. The number of likely N-dealkylation sites (N-methyl/N-ethyl adjacent to an activating group) is 1. The Morgan fingerprint density at radius 2 is 1.91 bits per heavy atom. The Kier molecular flexibility index (Phi) is 10.0. The van der Waals surface area contributed by atoms with Crippen molar-refractivity contribution in [1.29, 1.82) is 0 Å². The number of aliphatic hydroxyl groups is 1. The van der Waals surface area contributed by atoms with E-state index in [-0.39, 0.29) is 23.5 Å². The molecule has 2 aliphatic rings. The molecular formula is C26H37N3O5. The van der Waals surface area contributed by atoms with Crippen LogP contribution in [0.1, 0.15) is 62.4 Å². The predicted molar refractivity (Wildman–Crippen MR) is 134 cm³/mol. The lowest BCUT2D eigenvalue weighted by Gasteiger charge is -2.23. The van der Waals surface area contributed by atoms with Crippen LogP contribution in [0.3, 0.4) is 0 Å². The summed E-state index contributed by atoms with van der Waals surface area (Å²) in [6, 6.07) is 3.63. The number of aliphatic hydroxyl groups excluding tert-OH is 1. The van der Waals surface area contributed by atoms with Crippen LogP contribution >= 0.6 is 0 Å². The molecule has 2 aromatic heterocycles. The number of hydrogen-bond acceptors (Lipinski definition) is 7. The van der Waals surface area contributed by atoms with Gasteiger partial charge in [0.2, 0.25) is 0 Å². The van der Waals surface area contributed by atoms with Gasteiger partial charge in [-0.3, -0.25) is 9.78 Å². The van der Waals surface area contributed by atoms with Crippen LogP contribution in [0.25, 0.3) is 17.0 Å². The van der Waals surface area contributed by atoms with Crippen LogP contribution in [0.15, 0.2) is 22.7 Å². The van der Waals surface area contributed by atoms with Crippen LogP contribution in [0.4, 0.5) is 0 Å². The van der Waals surface area contributed by atoms with Crippen molar-refractivity contribution in [3.8, 4) is 17.1 Å². The summed E-state index contributed by atoms with van der Waals surface area (Å²) in [5.74, 6) is 0.344. The van der Waals surface area contributed by atoms with Crippen LogP contribution in [0, 0.1) is 0 Å². The average molecular weight is 472 g/mol. The van der Waals surface area contributed by atoms with Gasteiger partial charge >= 0.3 is 0 Å². The van der Waals surface area contributed by atoms with E-state index in [1.165, 1.54) is 7.11 Å². The summed E-state index contributed by atoms with van der Waals surface area (Å²) in [4.78, 5) is 29.0. The van der Waals surface area contributed by atoms with Crippen LogP contribution in [-0.2, 0) is 29.1 Å². The maximum absolute atomic E-state index is 12.8. The van der Waals surface area contributed by atoms with Crippen molar-refractivity contribution < 1.29 is 19.7 Å². The van der Waals surface area contributed by atoms with Crippen molar-refractivity contribution in [3.05, 3.63) is 50.6 Å². The van der Waals surface area contributed by atoms with Crippen LogP contribution in [0.2, 0.25) is 0 Å². The molecule has 2 aromatic rings. The Morgan fingerprint density at radius 3 is 2.47 bits per heavy atom. The first-order chi connectivity index (χ1) is 16.3. The van der Waals surface area contributed by atoms with E-state index in [0.29, 0.717) is 43.8 Å². The van der Waals surface area contributed by atoms with Gasteiger partial charge in [0.05, 0.1) is 35.9 Å². The number of methoxy groups -OCH3 is 1. The molecule has 8 nitrogen and oxygen atoms in total. The number of nitrogens with zero attached hydrogens (tertiary/aromatic N) is 3. The first-order valence-corrected chi connectivity index (χ1v) is 11.8. The molecule has 0 saturated carbocycles. The van der Waals surface area contributed by atoms with Crippen LogP contribution < -0.4 is 5.56 Å². The number of unbranched alkanes of at least 4 members (excludes halogenated alkanes) is 1. The molecule has 4 rings (SSSR count). The molecule has 0 unspecified atom stereocenters. The van der Waals surface area contributed by atoms with E-state index in [4.69, 9.17) is 9.72 Å². The standard InChI is InChI=1S/C20H23N3O4.C4H8O.C2H6/c1-22(2)9-13-12-6-11-8-23-16(7-18(25)14(10-27-3)20(23)26)19(11)21-15(12)4-5-17(13)24;1-2-3-4-5;1-2/h6-7,24-25H,4-5,8-10H2,1-3H3;4H,2-3H2,1H3;1-2H3. The zero-order valence-corrected chi connectivity index (χ0v) is 21.1. The SMILES string of the molecule is CC.CCCC=O.COCc1c(O)cc2n(c1=O)Cc1cc3c(nc1-2)CCC(O)=C3CN(C)C. The number of aromatic hydroxyl groups is 1. The zero-order chi connectivity index (χ0) is 25.4. The fourth-order valence-corrected chi connectivity index (χ4v) is 4.02. The highest BCUT2D eigenvalue weighted by molar-refractivity contribution is 5.76. The van der Waals surface area contributed by atoms with Crippen molar-refractivity contribution >= 4 is 11.9 Å². The number of aryl methyl sites for hydroxylation is 1. The van der Waals surface area contributed by atoms with E-state index < -0.39 is 0 Å². The van der Waals surface area contributed by atoms with Crippen LogP contribution in [-0.4, -0.2) is 58.7 Å². The number of allylic oxidation sites excluding steroid dienone is 1. The number of aldehydes is 1. The van der Waals surface area contributed by atoms with Gasteiger partial charge in [-0.05, 0) is 33.0 Å². The molecule has 1 aliphatic carbocycles. The number of rotatable bonds is 6. The molecule has 0 spiro atoms. The minimum Gasteiger partial charge on any atom is -0.512 e. The fourth-order valence-electron chi connectivity index (χ4n) is 4.02. The maximum atomic E-state index is 12.8. The third kappa shape index (κ3) is 5.74. The van der Waals surface area contributed by atoms with Crippen LogP contribution in [0.5, 0.6) is 5.75 Å². The van der Waals surface area contributed by atoms with E-state index in [2.05, 4.69) is 0 Å². The topological polar surface area (TPSA) is 105 Å². The lowest BCUT2D eigenvalue weighted by molar-refractivity contribution is -0.107. The third-order valence-corrected chi connectivity index (χ3v) is 5.57. The number of aromatic nitrogens is 2. The minimum atomic E-state index is -0.255. The Labute approximate surface area is 201 Å². The van der Waals surface area contributed by atoms with Gasteiger partial charge in [-0.1, -0.05) is 20.8 Å². The van der Waals surface area contributed by atoms with Crippen molar-refractivity contribution in [3.63, 3.8) is 0 Å². The summed E-state index contributed by atoms with van der Waals surface area (Å²) in [7, 11) is 5.42. The Bertz CT molecular complexity index is 1100. The Morgan fingerprint density at radius 1 is 1.21 bits per heavy atom. The molecule has 0 saturated heterocycles. The Hall–Kier alpha value is -2.97. The van der Waals surface area contributed by atoms with Gasteiger partial charge in [-0.2, -0.15) is 0 Å². The number of fused-ring (bicyclic) bond motifs is 4. The van der Waals surface area contributed by atoms with E-state index >= 15 is 0 Å². The number of ether oxygens (including phenoxy) is 1. The van der Waals surface area contributed by atoms with Crippen molar-refractivity contribution in [2.24, 2.45) is 0 Å². The number of hydrogen-bond donors (Lipinski definition) is 2. The predicted octanol–water partition coefficient (Wildman–Crippen LogP) is 3.91. The van der Waals surface area contributed by atoms with Gasteiger partial charge in [0.1, 0.15) is 12.0 Å². The molecule has 34 heavy (non-hydrogen) atoms. The van der Waals surface area contributed by atoms with Gasteiger partial charge in [-0.25, -0.2) is 0 Å². The quantitative estimate of drug-likeness (QED) is 0.525. The zero-order valence-electron chi connectivity index (χ0n) is 21.1. The van der Waals surface area contributed by atoms with Gasteiger partial charge in [0, 0.05) is 55.0 Å². The van der Waals surface area contributed by atoms with Crippen molar-refractivity contribution in [1.82, 2.24) is 14.5 Å². The lowest BCUT2D eigenvalue weighted by Crippen LogP contribution is -2.23. The molecule has 2 N–H and O–H groups in total. The molecule has 0 atom stereocenters. The number of pyridine rings is 2. The average Bonchev–Trinajstić information content (AvgIpc) is 3.17. The van der Waals surface area contributed by atoms with Crippen molar-refractivity contribution in [2.75, 3.05) is 27.7 Å². The molecule has 1 aliphatic heterocycles. The summed E-state index contributed by atoms with van der Waals surface area (Å²) in [5, 5.41) is 20.6. The van der Waals surface area contributed by atoms with Gasteiger partial charge < -0.3 is 29.2 Å². The van der Waals surface area contributed by atoms with E-state index in [1.807, 2.05) is 45.8 Å². The van der Waals surface area contributed by atoms with Crippen molar-refractivity contribution in [2.45, 2.75) is 59.6 Å². The van der Waals surface area contributed by atoms with Gasteiger partial charge in [0.25, 0.3) is 5.56 Å². The molecular weight excluding hydrogens is 434 g/mol. The molecule has 3 heterocycles. The smallest absolute Gasteiger partial charge is 0.260 e. The monoisotopic (exact) mass is 471 g/mol. The minimum absolute atomic E-state index is 0.0636.